The molecule has 0 saturated heterocycles. The van der Waals surface area contributed by atoms with E-state index in [2.05, 4.69) is 10.3 Å². The summed E-state index contributed by atoms with van der Waals surface area (Å²) in [5.74, 6) is 0.276. The van der Waals surface area contributed by atoms with Crippen molar-refractivity contribution >= 4 is 17.5 Å². The molecule has 0 fully saturated rings. The second-order valence-electron chi connectivity index (χ2n) is 4.80. The van der Waals surface area contributed by atoms with Crippen molar-refractivity contribution in [3.63, 3.8) is 0 Å². The Kier molecular flexibility index (Phi) is 3.43. The molecule has 2 heterocycles. The van der Waals surface area contributed by atoms with Crippen LogP contribution >= 0.6 is 11.6 Å². The highest BCUT2D eigenvalue weighted by Gasteiger charge is 2.21. The molecule has 3 aromatic rings. The molecule has 2 aromatic heterocycles. The smallest absolute Gasteiger partial charge is 0.230 e. The summed E-state index contributed by atoms with van der Waals surface area (Å²) < 4.78 is 6.97. The Bertz CT molecular complexity index is 791. The zero-order chi connectivity index (χ0) is 15.0. The lowest BCUT2D eigenvalue weighted by atomic mass is 10.0. The quantitative estimate of drug-likeness (QED) is 0.803. The van der Waals surface area contributed by atoms with Crippen molar-refractivity contribution in [3.8, 4) is 22.4 Å². The molecule has 0 aliphatic rings. The van der Waals surface area contributed by atoms with Crippen LogP contribution < -0.4 is 5.73 Å². The number of aromatic nitrogens is 3. The van der Waals surface area contributed by atoms with E-state index in [0.29, 0.717) is 10.7 Å². The minimum atomic E-state index is 0.276. The molecule has 6 heteroatoms. The predicted molar refractivity (Wildman–Crippen MR) is 82.9 cm³/mol. The minimum absolute atomic E-state index is 0.276. The van der Waals surface area contributed by atoms with Gasteiger partial charge in [0.2, 0.25) is 5.88 Å². The summed E-state index contributed by atoms with van der Waals surface area (Å²) in [6.45, 7) is 2.05. The van der Waals surface area contributed by atoms with Crippen molar-refractivity contribution in [2.45, 2.75) is 13.3 Å². The third-order valence-electron chi connectivity index (χ3n) is 3.33. The first-order chi connectivity index (χ1) is 10.1. The zero-order valence-electron chi connectivity index (χ0n) is 11.8. The van der Waals surface area contributed by atoms with Crippen molar-refractivity contribution < 1.29 is 4.52 Å². The van der Waals surface area contributed by atoms with Crippen LogP contribution in [0.5, 0.6) is 0 Å². The summed E-state index contributed by atoms with van der Waals surface area (Å²) in [6, 6.07) is 7.46. The molecule has 5 nitrogen and oxygen atoms in total. The van der Waals surface area contributed by atoms with Gasteiger partial charge in [-0.25, -0.2) is 0 Å². The fourth-order valence-corrected chi connectivity index (χ4v) is 2.59. The summed E-state index contributed by atoms with van der Waals surface area (Å²) in [5, 5.41) is 9.19. The SMILES string of the molecule is CCc1nn(C)cc1-c1noc(N)c1-c1cccc(Cl)c1. The number of anilines is 1. The summed E-state index contributed by atoms with van der Waals surface area (Å²) in [5.41, 5.74) is 10.2. The van der Waals surface area contributed by atoms with Gasteiger partial charge >= 0.3 is 0 Å². The normalized spacial score (nSPS) is 11.0. The molecular weight excluding hydrogens is 288 g/mol. The van der Waals surface area contributed by atoms with E-state index in [4.69, 9.17) is 21.9 Å². The van der Waals surface area contributed by atoms with Gasteiger partial charge in [-0.05, 0) is 24.1 Å². The second-order valence-corrected chi connectivity index (χ2v) is 5.23. The molecule has 0 radical (unpaired) electrons. The molecule has 0 bridgehead atoms. The minimum Gasteiger partial charge on any atom is -0.367 e. The number of aryl methyl sites for hydroxylation is 2. The van der Waals surface area contributed by atoms with Crippen molar-refractivity contribution in [2.75, 3.05) is 5.73 Å². The summed E-state index contributed by atoms with van der Waals surface area (Å²) in [6.07, 6.45) is 2.72. The van der Waals surface area contributed by atoms with E-state index in [1.165, 1.54) is 0 Å². The van der Waals surface area contributed by atoms with Gasteiger partial charge in [0.15, 0.2) is 0 Å². The van der Waals surface area contributed by atoms with E-state index in [-0.39, 0.29) is 5.88 Å². The van der Waals surface area contributed by atoms with Crippen LogP contribution in [0.3, 0.4) is 0 Å². The maximum atomic E-state index is 6.07. The van der Waals surface area contributed by atoms with E-state index in [9.17, 15) is 0 Å². The number of halogens is 1. The second kappa shape index (κ2) is 5.26. The average Bonchev–Trinajstić information content (AvgIpc) is 3.01. The van der Waals surface area contributed by atoms with E-state index in [1.54, 1.807) is 4.68 Å². The van der Waals surface area contributed by atoms with Gasteiger partial charge in [-0.1, -0.05) is 35.8 Å². The summed E-state index contributed by atoms with van der Waals surface area (Å²) in [4.78, 5) is 0. The number of hydrogen-bond acceptors (Lipinski definition) is 4. The Balaban J connectivity index is 2.21. The Hall–Kier alpha value is -2.27. The molecule has 0 atom stereocenters. The van der Waals surface area contributed by atoms with Gasteiger partial charge in [0, 0.05) is 23.8 Å². The Morgan fingerprint density at radius 2 is 2.19 bits per heavy atom. The lowest BCUT2D eigenvalue weighted by molar-refractivity contribution is 0.439. The van der Waals surface area contributed by atoms with Crippen LogP contribution in [0.1, 0.15) is 12.6 Å². The van der Waals surface area contributed by atoms with E-state index in [1.807, 2.05) is 44.4 Å². The molecule has 0 aliphatic heterocycles. The van der Waals surface area contributed by atoms with Crippen LogP contribution in [-0.4, -0.2) is 14.9 Å². The van der Waals surface area contributed by atoms with Gasteiger partial charge in [-0.15, -0.1) is 0 Å². The van der Waals surface area contributed by atoms with Crippen LogP contribution in [-0.2, 0) is 13.5 Å². The van der Waals surface area contributed by atoms with Gasteiger partial charge in [0.25, 0.3) is 0 Å². The number of nitrogens with two attached hydrogens (primary N) is 1. The molecule has 21 heavy (non-hydrogen) atoms. The molecular formula is C15H15ClN4O. The third-order valence-corrected chi connectivity index (χ3v) is 3.56. The number of hydrogen-bond donors (Lipinski definition) is 1. The molecule has 0 saturated carbocycles. The topological polar surface area (TPSA) is 69.9 Å². The fraction of sp³-hybridized carbons (Fsp3) is 0.200. The maximum absolute atomic E-state index is 6.07. The Labute approximate surface area is 127 Å². The molecule has 3 rings (SSSR count). The Morgan fingerprint density at radius 3 is 2.90 bits per heavy atom. The predicted octanol–water partition coefficient (Wildman–Crippen LogP) is 3.54. The molecule has 108 valence electrons. The molecule has 0 unspecified atom stereocenters. The van der Waals surface area contributed by atoms with Crippen LogP contribution in [0.15, 0.2) is 35.0 Å². The van der Waals surface area contributed by atoms with Gasteiger partial charge in [-0.2, -0.15) is 5.10 Å². The van der Waals surface area contributed by atoms with E-state index in [0.717, 1.165) is 28.8 Å². The van der Waals surface area contributed by atoms with Crippen molar-refractivity contribution in [1.82, 2.24) is 14.9 Å². The number of nitrogen functional groups attached to an aromatic ring is 1. The van der Waals surface area contributed by atoms with Crippen LogP contribution in [0.4, 0.5) is 5.88 Å². The highest BCUT2D eigenvalue weighted by molar-refractivity contribution is 6.30. The largest absolute Gasteiger partial charge is 0.367 e. The van der Waals surface area contributed by atoms with E-state index < -0.39 is 0 Å². The van der Waals surface area contributed by atoms with Crippen LogP contribution in [0.25, 0.3) is 22.4 Å². The molecule has 0 spiro atoms. The number of benzene rings is 1. The van der Waals surface area contributed by atoms with Gasteiger partial charge in [0.1, 0.15) is 5.69 Å². The van der Waals surface area contributed by atoms with Gasteiger partial charge in [-0.3, -0.25) is 4.68 Å². The molecule has 2 N–H and O–H groups in total. The molecule has 0 amide bonds. The first kappa shape index (κ1) is 13.7. The monoisotopic (exact) mass is 302 g/mol. The van der Waals surface area contributed by atoms with Gasteiger partial charge < -0.3 is 10.3 Å². The van der Waals surface area contributed by atoms with Crippen molar-refractivity contribution in [3.05, 3.63) is 41.2 Å². The number of rotatable bonds is 3. The van der Waals surface area contributed by atoms with Crippen molar-refractivity contribution in [1.29, 1.82) is 0 Å². The van der Waals surface area contributed by atoms with Gasteiger partial charge in [0.05, 0.1) is 11.3 Å². The van der Waals surface area contributed by atoms with Crippen LogP contribution in [0, 0.1) is 0 Å². The van der Waals surface area contributed by atoms with Crippen LogP contribution in [0.2, 0.25) is 5.02 Å². The third kappa shape index (κ3) is 2.40. The average molecular weight is 303 g/mol. The van der Waals surface area contributed by atoms with E-state index >= 15 is 0 Å². The highest BCUT2D eigenvalue weighted by atomic mass is 35.5. The maximum Gasteiger partial charge on any atom is 0.230 e. The fourth-order valence-electron chi connectivity index (χ4n) is 2.40. The lowest BCUT2D eigenvalue weighted by Crippen LogP contribution is -1.90. The molecule has 1 aromatic carbocycles. The summed E-state index contributed by atoms with van der Waals surface area (Å²) in [7, 11) is 1.88. The number of nitrogens with zero attached hydrogens (tertiary/aromatic N) is 3. The summed E-state index contributed by atoms with van der Waals surface area (Å²) >= 11 is 6.07. The zero-order valence-corrected chi connectivity index (χ0v) is 12.6. The lowest BCUT2D eigenvalue weighted by Gasteiger charge is -2.03. The first-order valence-electron chi connectivity index (χ1n) is 6.64. The highest BCUT2D eigenvalue weighted by Crippen LogP contribution is 2.38. The standard InChI is InChI=1S/C15H15ClN4O/c1-3-12-11(8-20(2)18-12)14-13(15(17)21-19-14)9-5-4-6-10(16)7-9/h4-8H,3,17H2,1-2H3. The Morgan fingerprint density at radius 1 is 1.38 bits per heavy atom. The van der Waals surface area contributed by atoms with Crippen molar-refractivity contribution in [2.24, 2.45) is 7.05 Å². The first-order valence-corrected chi connectivity index (χ1v) is 7.02. The molecule has 0 aliphatic carbocycles.